The zero-order chi connectivity index (χ0) is 8.10. The molecule has 0 aromatic heterocycles. The Bertz CT molecular complexity index is 255. The smallest absolute Gasteiger partial charge is 0.0474 e. The van der Waals surface area contributed by atoms with Crippen molar-refractivity contribution < 1.29 is 0 Å². The SMILES string of the molecule is ClCc1cccc(C=CBr)c1. The van der Waals surface area contributed by atoms with E-state index in [1.54, 1.807) is 0 Å². The van der Waals surface area contributed by atoms with Crippen molar-refractivity contribution >= 4 is 33.6 Å². The summed E-state index contributed by atoms with van der Waals surface area (Å²) in [7, 11) is 0. The highest BCUT2D eigenvalue weighted by molar-refractivity contribution is 9.11. The van der Waals surface area contributed by atoms with E-state index in [1.165, 1.54) is 5.56 Å². The molecule has 0 saturated carbocycles. The Morgan fingerprint density at radius 1 is 1.45 bits per heavy atom. The molecule has 0 amide bonds. The average Bonchev–Trinajstić information content (AvgIpc) is 2.06. The first kappa shape index (κ1) is 8.82. The summed E-state index contributed by atoms with van der Waals surface area (Å²) in [6, 6.07) is 8.11. The van der Waals surface area contributed by atoms with Crippen molar-refractivity contribution in [3.05, 3.63) is 40.4 Å². The van der Waals surface area contributed by atoms with Crippen LogP contribution in [0.25, 0.3) is 6.08 Å². The van der Waals surface area contributed by atoms with Crippen molar-refractivity contribution in [2.75, 3.05) is 0 Å². The maximum Gasteiger partial charge on any atom is 0.0474 e. The zero-order valence-corrected chi connectivity index (χ0v) is 8.27. The Labute approximate surface area is 80.0 Å². The lowest BCUT2D eigenvalue weighted by molar-refractivity contribution is 1.39. The zero-order valence-electron chi connectivity index (χ0n) is 5.93. The van der Waals surface area contributed by atoms with E-state index in [4.69, 9.17) is 11.6 Å². The molecule has 0 nitrogen and oxygen atoms in total. The second kappa shape index (κ2) is 4.58. The molecule has 0 radical (unpaired) electrons. The highest BCUT2D eigenvalue weighted by Crippen LogP contribution is 2.09. The Kier molecular flexibility index (Phi) is 3.67. The molecular weight excluding hydrogens is 223 g/mol. The highest BCUT2D eigenvalue weighted by atomic mass is 79.9. The monoisotopic (exact) mass is 230 g/mol. The molecule has 1 rings (SSSR count). The van der Waals surface area contributed by atoms with Gasteiger partial charge in [-0.3, -0.25) is 0 Å². The van der Waals surface area contributed by atoms with Gasteiger partial charge in [0.25, 0.3) is 0 Å². The van der Waals surface area contributed by atoms with E-state index in [1.807, 2.05) is 29.3 Å². The molecule has 2 heteroatoms. The number of hydrogen-bond donors (Lipinski definition) is 0. The van der Waals surface area contributed by atoms with Crippen LogP contribution in [0.4, 0.5) is 0 Å². The van der Waals surface area contributed by atoms with Gasteiger partial charge < -0.3 is 0 Å². The van der Waals surface area contributed by atoms with Crippen molar-refractivity contribution in [1.29, 1.82) is 0 Å². The molecule has 11 heavy (non-hydrogen) atoms. The first-order chi connectivity index (χ1) is 5.36. The van der Waals surface area contributed by atoms with E-state index in [2.05, 4.69) is 22.0 Å². The van der Waals surface area contributed by atoms with Crippen molar-refractivity contribution in [3.8, 4) is 0 Å². The van der Waals surface area contributed by atoms with Crippen molar-refractivity contribution in [2.45, 2.75) is 5.88 Å². The van der Waals surface area contributed by atoms with Crippen molar-refractivity contribution in [3.63, 3.8) is 0 Å². The standard InChI is InChI=1S/C9H8BrCl/c10-5-4-8-2-1-3-9(6-8)7-11/h1-6H,7H2. The summed E-state index contributed by atoms with van der Waals surface area (Å²) in [5, 5.41) is 0. The maximum atomic E-state index is 5.66. The minimum atomic E-state index is 0.573. The molecule has 0 heterocycles. The lowest BCUT2D eigenvalue weighted by atomic mass is 10.1. The quantitative estimate of drug-likeness (QED) is 0.679. The van der Waals surface area contributed by atoms with Gasteiger partial charge >= 0.3 is 0 Å². The second-order valence-electron chi connectivity index (χ2n) is 2.17. The summed E-state index contributed by atoms with van der Waals surface area (Å²) in [5.41, 5.74) is 2.31. The van der Waals surface area contributed by atoms with E-state index >= 15 is 0 Å². The average molecular weight is 232 g/mol. The van der Waals surface area contributed by atoms with E-state index in [0.29, 0.717) is 5.88 Å². The molecule has 0 saturated heterocycles. The van der Waals surface area contributed by atoms with Crippen LogP contribution in [0.5, 0.6) is 0 Å². The van der Waals surface area contributed by atoms with Crippen LogP contribution in [0.15, 0.2) is 29.3 Å². The number of halogens is 2. The number of benzene rings is 1. The Hall–Kier alpha value is -0.270. The summed E-state index contributed by atoms with van der Waals surface area (Å²) >= 11 is 8.88. The van der Waals surface area contributed by atoms with Crippen LogP contribution in [0.2, 0.25) is 0 Å². The van der Waals surface area contributed by atoms with Gasteiger partial charge in [0.05, 0.1) is 0 Å². The summed E-state index contributed by atoms with van der Waals surface area (Å²) in [5.74, 6) is 0.573. The molecule has 0 spiro atoms. The van der Waals surface area contributed by atoms with Crippen LogP contribution in [0, 0.1) is 0 Å². The van der Waals surface area contributed by atoms with Gasteiger partial charge in [0, 0.05) is 5.88 Å². The van der Waals surface area contributed by atoms with Gasteiger partial charge in [0.1, 0.15) is 0 Å². The van der Waals surface area contributed by atoms with Crippen LogP contribution >= 0.6 is 27.5 Å². The molecule has 0 atom stereocenters. The molecule has 1 aromatic rings. The molecule has 0 N–H and O–H groups in total. The molecule has 0 aliphatic carbocycles. The summed E-state index contributed by atoms with van der Waals surface area (Å²) in [6.07, 6.45) is 1.98. The van der Waals surface area contributed by atoms with Crippen molar-refractivity contribution in [1.82, 2.24) is 0 Å². The molecular formula is C9H8BrCl. The van der Waals surface area contributed by atoms with Gasteiger partial charge in [0.2, 0.25) is 0 Å². The third kappa shape index (κ3) is 2.68. The largest absolute Gasteiger partial charge is 0.122 e. The number of rotatable bonds is 2. The van der Waals surface area contributed by atoms with Crippen LogP contribution in [0.3, 0.4) is 0 Å². The van der Waals surface area contributed by atoms with Gasteiger partial charge in [-0.2, -0.15) is 0 Å². The highest BCUT2D eigenvalue weighted by Gasteiger charge is 1.89. The fraction of sp³-hybridized carbons (Fsp3) is 0.111. The Morgan fingerprint density at radius 3 is 2.91 bits per heavy atom. The first-order valence-corrected chi connectivity index (χ1v) is 4.73. The van der Waals surface area contributed by atoms with Crippen molar-refractivity contribution in [2.24, 2.45) is 0 Å². The fourth-order valence-corrected chi connectivity index (χ4v) is 1.32. The molecule has 1 aromatic carbocycles. The van der Waals surface area contributed by atoms with Gasteiger partial charge in [-0.15, -0.1) is 11.6 Å². The van der Waals surface area contributed by atoms with Gasteiger partial charge in [-0.1, -0.05) is 40.2 Å². The Balaban J connectivity index is 2.91. The second-order valence-corrected chi connectivity index (χ2v) is 2.97. The lowest BCUT2D eigenvalue weighted by Crippen LogP contribution is -1.77. The third-order valence-corrected chi connectivity index (χ3v) is 1.93. The van der Waals surface area contributed by atoms with E-state index in [9.17, 15) is 0 Å². The minimum absolute atomic E-state index is 0.573. The topological polar surface area (TPSA) is 0 Å². The summed E-state index contributed by atoms with van der Waals surface area (Å²) in [4.78, 5) is 1.83. The lowest BCUT2D eigenvalue weighted by Gasteiger charge is -1.95. The van der Waals surface area contributed by atoms with Crippen LogP contribution in [-0.2, 0) is 5.88 Å². The molecule has 0 aliphatic heterocycles. The third-order valence-electron chi connectivity index (χ3n) is 1.36. The summed E-state index contributed by atoms with van der Waals surface area (Å²) < 4.78 is 0. The fourth-order valence-electron chi connectivity index (χ4n) is 0.853. The van der Waals surface area contributed by atoms with Crippen LogP contribution < -0.4 is 0 Å². The molecule has 0 unspecified atom stereocenters. The van der Waals surface area contributed by atoms with E-state index in [0.717, 1.165) is 5.56 Å². The van der Waals surface area contributed by atoms with Gasteiger partial charge in [-0.25, -0.2) is 0 Å². The molecule has 58 valence electrons. The van der Waals surface area contributed by atoms with E-state index in [-0.39, 0.29) is 0 Å². The minimum Gasteiger partial charge on any atom is -0.122 e. The van der Waals surface area contributed by atoms with Crippen LogP contribution in [-0.4, -0.2) is 0 Å². The molecule has 0 fully saturated rings. The predicted molar refractivity (Wildman–Crippen MR) is 54.0 cm³/mol. The van der Waals surface area contributed by atoms with E-state index < -0.39 is 0 Å². The normalized spacial score (nSPS) is 10.7. The number of alkyl halides is 1. The van der Waals surface area contributed by atoms with Gasteiger partial charge in [-0.05, 0) is 22.2 Å². The molecule has 0 aliphatic rings. The maximum absolute atomic E-state index is 5.66. The summed E-state index contributed by atoms with van der Waals surface area (Å²) in [6.45, 7) is 0. The Morgan fingerprint density at radius 2 is 2.27 bits per heavy atom. The van der Waals surface area contributed by atoms with Crippen LogP contribution in [0.1, 0.15) is 11.1 Å². The van der Waals surface area contributed by atoms with Gasteiger partial charge in [0.15, 0.2) is 0 Å². The first-order valence-electron chi connectivity index (χ1n) is 3.28. The molecule has 0 bridgehead atoms. The number of hydrogen-bond acceptors (Lipinski definition) is 0. The predicted octanol–water partition coefficient (Wildman–Crippen LogP) is 3.79.